The van der Waals surface area contributed by atoms with E-state index in [1.54, 1.807) is 59.9 Å². The predicted molar refractivity (Wildman–Crippen MR) is 162 cm³/mol. The van der Waals surface area contributed by atoms with Gasteiger partial charge in [-0.2, -0.15) is 0 Å². The summed E-state index contributed by atoms with van der Waals surface area (Å²) < 4.78 is 31.2. The van der Waals surface area contributed by atoms with Crippen LogP contribution in [-0.4, -0.2) is 30.2 Å². The first-order valence-corrected chi connectivity index (χ1v) is 16.5. The van der Waals surface area contributed by atoms with E-state index in [9.17, 15) is 18.3 Å². The lowest BCUT2D eigenvalue weighted by Crippen LogP contribution is -2.12. The van der Waals surface area contributed by atoms with Crippen molar-refractivity contribution in [1.29, 1.82) is 0 Å². The van der Waals surface area contributed by atoms with Crippen LogP contribution in [0.25, 0.3) is 0 Å². The van der Waals surface area contributed by atoms with E-state index in [1.807, 2.05) is 0 Å². The molecule has 2 N–H and O–H groups in total. The van der Waals surface area contributed by atoms with Gasteiger partial charge in [-0.25, -0.2) is 13.4 Å². The number of carbonyl (C=O) groups excluding carboxylic acids is 1. The van der Waals surface area contributed by atoms with Gasteiger partial charge in [-0.3, -0.25) is 4.79 Å². The number of hydrogen-bond donors (Lipinski definition) is 2. The summed E-state index contributed by atoms with van der Waals surface area (Å²) in [6.07, 6.45) is 5.76. The van der Waals surface area contributed by atoms with Gasteiger partial charge >= 0.3 is 0 Å². The number of hydrogen-bond acceptors (Lipinski definition) is 7. The second-order valence-electron chi connectivity index (χ2n) is 10.1. The molecule has 1 aromatic heterocycles. The minimum absolute atomic E-state index is 0.0348. The predicted octanol–water partition coefficient (Wildman–Crippen LogP) is 7.40. The third kappa shape index (κ3) is 7.67. The monoisotopic (exact) mass is 610 g/mol. The lowest BCUT2D eigenvalue weighted by molar-refractivity contribution is 0.102. The highest BCUT2D eigenvalue weighted by Gasteiger charge is 2.20. The molecule has 0 bridgehead atoms. The average molecular weight is 611 g/mol. The fourth-order valence-corrected chi connectivity index (χ4v) is 7.16. The van der Waals surface area contributed by atoms with Crippen LogP contribution in [0.4, 0.5) is 5.69 Å². The van der Waals surface area contributed by atoms with Crippen molar-refractivity contribution in [2.45, 2.75) is 55.9 Å². The highest BCUT2D eigenvalue weighted by atomic mass is 35.5. The van der Waals surface area contributed by atoms with Crippen molar-refractivity contribution in [2.75, 3.05) is 11.1 Å². The van der Waals surface area contributed by atoms with E-state index >= 15 is 0 Å². The van der Waals surface area contributed by atoms with Crippen LogP contribution in [0.15, 0.2) is 77.0 Å². The molecule has 5 rings (SSSR count). The van der Waals surface area contributed by atoms with E-state index in [0.29, 0.717) is 41.7 Å². The third-order valence-electron chi connectivity index (χ3n) is 7.16. The maximum absolute atomic E-state index is 13.0. The summed E-state index contributed by atoms with van der Waals surface area (Å²) in [6, 6.07) is 17.8. The van der Waals surface area contributed by atoms with Gasteiger partial charge in [0, 0.05) is 21.9 Å². The van der Waals surface area contributed by atoms with Gasteiger partial charge in [0.1, 0.15) is 23.1 Å². The van der Waals surface area contributed by atoms with Gasteiger partial charge in [0.15, 0.2) is 9.84 Å². The molecule has 1 fully saturated rings. The van der Waals surface area contributed by atoms with E-state index in [0.717, 1.165) is 16.3 Å². The van der Waals surface area contributed by atoms with E-state index in [4.69, 9.17) is 21.3 Å². The van der Waals surface area contributed by atoms with Gasteiger partial charge < -0.3 is 15.2 Å². The highest BCUT2D eigenvalue weighted by molar-refractivity contribution is 7.91. The Morgan fingerprint density at radius 3 is 2.63 bits per heavy atom. The summed E-state index contributed by atoms with van der Waals surface area (Å²) >= 11 is 7.46. The van der Waals surface area contributed by atoms with Gasteiger partial charge in [0.2, 0.25) is 0 Å². The molecule has 1 amide bonds. The van der Waals surface area contributed by atoms with Gasteiger partial charge in [0.25, 0.3) is 5.91 Å². The second-order valence-corrected chi connectivity index (χ2v) is 13.6. The standard InChI is InChI=1S/C31H31ClN2O5S2/c32-24-11-13-26(14-12-24)41(37,38)16-4-5-21-10-15-29(35)27(17-21)34-31(36)23-8-3-9-25(18-23)39-19-30-33-28(20-40-30)22-6-1-2-7-22/h3,8-15,17-18,20,22,35H,1-2,4-7,16,19H2,(H,34,36). The van der Waals surface area contributed by atoms with Crippen LogP contribution < -0.4 is 10.1 Å². The molecule has 1 heterocycles. The van der Waals surface area contributed by atoms with Crippen molar-refractivity contribution in [2.24, 2.45) is 0 Å². The summed E-state index contributed by atoms with van der Waals surface area (Å²) in [5, 5.41) is 16.6. The maximum Gasteiger partial charge on any atom is 0.255 e. The Morgan fingerprint density at radius 2 is 1.85 bits per heavy atom. The first-order valence-electron chi connectivity index (χ1n) is 13.6. The lowest BCUT2D eigenvalue weighted by atomic mass is 10.1. The molecule has 1 saturated carbocycles. The number of aromatic hydroxyl groups is 1. The van der Waals surface area contributed by atoms with Crippen LogP contribution in [-0.2, 0) is 22.9 Å². The zero-order valence-electron chi connectivity index (χ0n) is 22.4. The molecule has 0 spiro atoms. The molecule has 3 aromatic carbocycles. The van der Waals surface area contributed by atoms with Crippen LogP contribution in [0.5, 0.6) is 11.5 Å². The Labute approximate surface area is 249 Å². The molecular formula is C31H31ClN2O5S2. The number of phenols is 1. The maximum atomic E-state index is 13.0. The Bertz CT molecular complexity index is 1610. The molecule has 1 aliphatic carbocycles. The van der Waals surface area contributed by atoms with E-state index in [2.05, 4.69) is 10.7 Å². The SMILES string of the molecule is O=C(Nc1cc(CCCS(=O)(=O)c2ccc(Cl)cc2)ccc1O)c1cccc(OCc2nc(C3CCCC3)cs2)c1. The number of carbonyl (C=O) groups is 1. The number of amides is 1. The normalized spacial score (nSPS) is 13.8. The van der Waals surface area contributed by atoms with Crippen LogP contribution >= 0.6 is 22.9 Å². The van der Waals surface area contributed by atoms with Gasteiger partial charge in [0.05, 0.1) is 22.0 Å². The molecule has 1 aliphatic rings. The smallest absolute Gasteiger partial charge is 0.255 e. The molecule has 0 saturated heterocycles. The number of sulfone groups is 1. The first-order chi connectivity index (χ1) is 19.8. The summed E-state index contributed by atoms with van der Waals surface area (Å²) in [5.41, 5.74) is 2.58. The van der Waals surface area contributed by atoms with Crippen molar-refractivity contribution in [3.8, 4) is 11.5 Å². The molecule has 0 unspecified atom stereocenters. The Kier molecular flexibility index (Phi) is 9.27. The summed E-state index contributed by atoms with van der Waals surface area (Å²) in [5.74, 6) is 0.600. The molecule has 10 heteroatoms. The summed E-state index contributed by atoms with van der Waals surface area (Å²) in [7, 11) is -3.44. The number of rotatable bonds is 11. The topological polar surface area (TPSA) is 106 Å². The number of phenolic OH excluding ortho intramolecular Hbond substituents is 1. The highest BCUT2D eigenvalue weighted by Crippen LogP contribution is 2.34. The average Bonchev–Trinajstić information content (AvgIpc) is 3.67. The quantitative estimate of drug-likeness (QED) is 0.171. The van der Waals surface area contributed by atoms with Crippen molar-refractivity contribution in [3.05, 3.63) is 99.0 Å². The summed E-state index contributed by atoms with van der Waals surface area (Å²) in [6.45, 7) is 0.332. The van der Waals surface area contributed by atoms with Crippen molar-refractivity contribution in [1.82, 2.24) is 4.98 Å². The van der Waals surface area contributed by atoms with Crippen LogP contribution in [0.3, 0.4) is 0 Å². The fourth-order valence-electron chi connectivity index (χ4n) is 4.93. The second kappa shape index (κ2) is 13.1. The van der Waals surface area contributed by atoms with Crippen LogP contribution in [0, 0.1) is 0 Å². The number of ether oxygens (including phenoxy) is 1. The fraction of sp³-hybridized carbons (Fsp3) is 0.290. The molecule has 4 aromatic rings. The van der Waals surface area contributed by atoms with E-state index in [-0.39, 0.29) is 22.1 Å². The van der Waals surface area contributed by atoms with Crippen molar-refractivity contribution in [3.63, 3.8) is 0 Å². The minimum atomic E-state index is -3.44. The summed E-state index contributed by atoms with van der Waals surface area (Å²) in [4.78, 5) is 18.0. The Hall–Kier alpha value is -3.40. The van der Waals surface area contributed by atoms with E-state index < -0.39 is 15.7 Å². The van der Waals surface area contributed by atoms with Crippen LogP contribution in [0.1, 0.15) is 64.6 Å². The number of nitrogens with zero attached hydrogens (tertiary/aromatic N) is 1. The van der Waals surface area contributed by atoms with Gasteiger partial charge in [-0.1, -0.05) is 36.6 Å². The molecule has 0 atom stereocenters. The number of anilines is 1. The number of halogens is 1. The number of thiazole rings is 1. The molecule has 0 radical (unpaired) electrons. The molecule has 0 aliphatic heterocycles. The first kappa shape index (κ1) is 29.1. The van der Waals surface area contributed by atoms with Crippen LogP contribution in [0.2, 0.25) is 5.02 Å². The van der Waals surface area contributed by atoms with Crippen molar-refractivity contribution >= 4 is 44.4 Å². The lowest BCUT2D eigenvalue weighted by Gasteiger charge is -2.11. The third-order valence-corrected chi connectivity index (χ3v) is 10.1. The molecule has 41 heavy (non-hydrogen) atoms. The minimum Gasteiger partial charge on any atom is -0.506 e. The number of nitrogens with one attached hydrogen (secondary N) is 1. The Balaban J connectivity index is 1.17. The largest absolute Gasteiger partial charge is 0.506 e. The zero-order valence-corrected chi connectivity index (χ0v) is 24.8. The molecule has 214 valence electrons. The molecular weight excluding hydrogens is 580 g/mol. The number of aryl methyl sites for hydroxylation is 1. The number of benzene rings is 3. The zero-order chi connectivity index (χ0) is 28.8. The molecule has 7 nitrogen and oxygen atoms in total. The van der Waals surface area contributed by atoms with E-state index in [1.165, 1.54) is 43.9 Å². The van der Waals surface area contributed by atoms with Gasteiger partial charge in [-0.05, 0) is 85.8 Å². The Morgan fingerprint density at radius 1 is 1.07 bits per heavy atom. The number of aromatic nitrogens is 1. The van der Waals surface area contributed by atoms with Gasteiger partial charge in [-0.15, -0.1) is 11.3 Å². The van der Waals surface area contributed by atoms with Crippen molar-refractivity contribution < 1.29 is 23.1 Å².